The normalized spacial score (nSPS) is 32.0. The van der Waals surface area contributed by atoms with Gasteiger partial charge in [-0.1, -0.05) is 23.7 Å². The number of hydrogen-bond donors (Lipinski definition) is 2. The molecule has 128 valence electrons. The van der Waals surface area contributed by atoms with Gasteiger partial charge in [0.05, 0.1) is 11.6 Å². The number of fused-ring (bicyclic) bond motifs is 7. The lowest BCUT2D eigenvalue weighted by atomic mass is 9.68. The van der Waals surface area contributed by atoms with Gasteiger partial charge in [0.25, 0.3) is 0 Å². The van der Waals surface area contributed by atoms with E-state index in [1.54, 1.807) is 6.07 Å². The van der Waals surface area contributed by atoms with Gasteiger partial charge in [-0.2, -0.15) is 0 Å². The Labute approximate surface area is 152 Å². The highest BCUT2D eigenvalue weighted by atomic mass is 35.5. The van der Waals surface area contributed by atoms with Gasteiger partial charge in [-0.15, -0.1) is 0 Å². The Bertz CT molecular complexity index is 865. The minimum absolute atomic E-state index is 0.252. The SMILES string of the molecule is O=C(O)c1ccc2c(c1)[C@@H]1[C@H]3CC[C@@H](C3)[C@@H]1[C@@H](c1cccc(Cl)c1)N2. The molecule has 0 amide bonds. The second-order valence-electron chi connectivity index (χ2n) is 7.72. The van der Waals surface area contributed by atoms with Crippen LogP contribution in [0, 0.1) is 17.8 Å². The number of carboxylic acids is 1. The zero-order valence-electron chi connectivity index (χ0n) is 13.8. The highest BCUT2D eigenvalue weighted by Crippen LogP contribution is 2.63. The quantitative estimate of drug-likeness (QED) is 0.766. The molecule has 0 saturated heterocycles. The fraction of sp³-hybridized carbons (Fsp3) is 0.381. The van der Waals surface area contributed by atoms with Gasteiger partial charge in [0.1, 0.15) is 0 Å². The summed E-state index contributed by atoms with van der Waals surface area (Å²) >= 11 is 6.25. The highest BCUT2D eigenvalue weighted by Gasteiger charge is 2.53. The Balaban J connectivity index is 1.64. The molecule has 2 saturated carbocycles. The van der Waals surface area contributed by atoms with E-state index in [0.717, 1.165) is 10.7 Å². The maximum atomic E-state index is 11.4. The number of benzene rings is 2. The van der Waals surface area contributed by atoms with Crippen LogP contribution < -0.4 is 5.32 Å². The molecule has 1 aliphatic heterocycles. The molecule has 2 aromatic rings. The molecule has 0 spiro atoms. The molecule has 25 heavy (non-hydrogen) atoms. The maximum absolute atomic E-state index is 11.4. The van der Waals surface area contributed by atoms with E-state index >= 15 is 0 Å². The van der Waals surface area contributed by atoms with E-state index in [1.807, 2.05) is 24.3 Å². The van der Waals surface area contributed by atoms with E-state index in [2.05, 4.69) is 17.4 Å². The molecule has 0 unspecified atom stereocenters. The molecule has 2 bridgehead atoms. The fourth-order valence-corrected chi connectivity index (χ4v) is 5.85. The summed E-state index contributed by atoms with van der Waals surface area (Å²) < 4.78 is 0. The van der Waals surface area contributed by atoms with E-state index in [1.165, 1.54) is 30.4 Å². The van der Waals surface area contributed by atoms with Gasteiger partial charge in [0.15, 0.2) is 0 Å². The van der Waals surface area contributed by atoms with E-state index in [4.69, 9.17) is 11.6 Å². The first-order valence-electron chi connectivity index (χ1n) is 9.01. The molecule has 5 atom stereocenters. The van der Waals surface area contributed by atoms with Crippen LogP contribution in [0.3, 0.4) is 0 Å². The van der Waals surface area contributed by atoms with Crippen molar-refractivity contribution >= 4 is 23.3 Å². The summed E-state index contributed by atoms with van der Waals surface area (Å²) in [5.41, 5.74) is 3.92. The summed E-state index contributed by atoms with van der Waals surface area (Å²) in [6.07, 6.45) is 3.83. The third-order valence-electron chi connectivity index (χ3n) is 6.54. The van der Waals surface area contributed by atoms with Gasteiger partial charge in [0.2, 0.25) is 0 Å². The lowest BCUT2D eigenvalue weighted by Crippen LogP contribution is -2.35. The molecular weight excluding hydrogens is 334 g/mol. The van der Waals surface area contributed by atoms with Crippen molar-refractivity contribution in [3.05, 3.63) is 64.2 Å². The number of carboxylic acid groups (broad SMARTS) is 1. The largest absolute Gasteiger partial charge is 0.478 e. The number of halogens is 1. The van der Waals surface area contributed by atoms with Crippen molar-refractivity contribution in [1.82, 2.24) is 0 Å². The van der Waals surface area contributed by atoms with Crippen molar-refractivity contribution in [3.8, 4) is 0 Å². The summed E-state index contributed by atoms with van der Waals surface area (Å²) in [5, 5.41) is 13.9. The van der Waals surface area contributed by atoms with Gasteiger partial charge < -0.3 is 10.4 Å². The second kappa shape index (κ2) is 5.50. The van der Waals surface area contributed by atoms with Gasteiger partial charge in [-0.05, 0) is 84.4 Å². The van der Waals surface area contributed by atoms with Gasteiger partial charge in [-0.25, -0.2) is 4.79 Å². The molecule has 0 aromatic heterocycles. The summed E-state index contributed by atoms with van der Waals surface area (Å²) in [4.78, 5) is 11.4. The van der Waals surface area contributed by atoms with Crippen LogP contribution in [-0.4, -0.2) is 11.1 Å². The van der Waals surface area contributed by atoms with Gasteiger partial charge >= 0.3 is 5.97 Å². The van der Waals surface area contributed by atoms with Crippen LogP contribution in [0.4, 0.5) is 5.69 Å². The minimum atomic E-state index is -0.848. The first-order valence-corrected chi connectivity index (χ1v) is 9.39. The summed E-state index contributed by atoms with van der Waals surface area (Å²) in [6.45, 7) is 0. The van der Waals surface area contributed by atoms with Crippen LogP contribution in [0.5, 0.6) is 0 Å². The topological polar surface area (TPSA) is 49.3 Å². The molecule has 2 aliphatic carbocycles. The smallest absolute Gasteiger partial charge is 0.335 e. The Morgan fingerprint density at radius 3 is 2.76 bits per heavy atom. The number of nitrogens with one attached hydrogen (secondary N) is 1. The lowest BCUT2D eigenvalue weighted by molar-refractivity contribution is 0.0696. The highest BCUT2D eigenvalue weighted by molar-refractivity contribution is 6.30. The minimum Gasteiger partial charge on any atom is -0.478 e. The molecule has 2 aromatic carbocycles. The third-order valence-corrected chi connectivity index (χ3v) is 6.78. The number of anilines is 1. The molecule has 2 N–H and O–H groups in total. The molecule has 0 radical (unpaired) electrons. The zero-order valence-corrected chi connectivity index (χ0v) is 14.5. The predicted octanol–water partition coefficient (Wildman–Crippen LogP) is 5.33. The van der Waals surface area contributed by atoms with E-state index in [0.29, 0.717) is 29.2 Å². The molecular formula is C21H20ClNO2. The van der Waals surface area contributed by atoms with Crippen LogP contribution >= 0.6 is 11.6 Å². The molecule has 1 heterocycles. The van der Waals surface area contributed by atoms with Crippen LogP contribution in [0.2, 0.25) is 5.02 Å². The van der Waals surface area contributed by atoms with Crippen molar-refractivity contribution in [3.63, 3.8) is 0 Å². The Kier molecular flexibility index (Phi) is 3.36. The number of aromatic carboxylic acids is 1. The van der Waals surface area contributed by atoms with Crippen molar-refractivity contribution < 1.29 is 9.90 Å². The van der Waals surface area contributed by atoms with Crippen molar-refractivity contribution in [2.75, 3.05) is 5.32 Å². The maximum Gasteiger partial charge on any atom is 0.335 e. The van der Waals surface area contributed by atoms with Gasteiger partial charge in [0, 0.05) is 10.7 Å². The van der Waals surface area contributed by atoms with Crippen molar-refractivity contribution in [2.45, 2.75) is 31.2 Å². The number of rotatable bonds is 2. The summed E-state index contributed by atoms with van der Waals surface area (Å²) in [5.74, 6) is 1.53. The van der Waals surface area contributed by atoms with Crippen LogP contribution in [0.1, 0.15) is 52.7 Å². The molecule has 5 rings (SSSR count). The van der Waals surface area contributed by atoms with Crippen LogP contribution in [0.25, 0.3) is 0 Å². The Morgan fingerprint density at radius 1 is 1.12 bits per heavy atom. The zero-order chi connectivity index (χ0) is 17.1. The van der Waals surface area contributed by atoms with Crippen molar-refractivity contribution in [2.24, 2.45) is 17.8 Å². The standard InChI is InChI=1S/C21H20ClNO2/c22-15-3-1-2-13(9-15)20-19-12-5-4-11(8-12)18(19)16-10-14(21(24)25)6-7-17(16)23-20/h1-3,6-7,9-12,18-20,23H,4-5,8H2,(H,24,25)/t11-,12-,18-,19-,20+/m0/s1. The Hall–Kier alpha value is -2.00. The van der Waals surface area contributed by atoms with Crippen LogP contribution in [0.15, 0.2) is 42.5 Å². The van der Waals surface area contributed by atoms with Crippen molar-refractivity contribution in [1.29, 1.82) is 0 Å². The molecule has 3 aliphatic rings. The monoisotopic (exact) mass is 353 g/mol. The Morgan fingerprint density at radius 2 is 1.96 bits per heavy atom. The average Bonchev–Trinajstić information content (AvgIpc) is 3.22. The molecule has 3 nitrogen and oxygen atoms in total. The second-order valence-corrected chi connectivity index (χ2v) is 8.16. The first kappa shape index (κ1) is 15.3. The number of carbonyl (C=O) groups is 1. The fourth-order valence-electron chi connectivity index (χ4n) is 5.65. The van der Waals surface area contributed by atoms with E-state index in [9.17, 15) is 9.90 Å². The first-order chi connectivity index (χ1) is 12.1. The molecule has 2 fully saturated rings. The van der Waals surface area contributed by atoms with E-state index < -0.39 is 5.97 Å². The van der Waals surface area contributed by atoms with E-state index in [-0.39, 0.29) is 6.04 Å². The number of hydrogen-bond acceptors (Lipinski definition) is 2. The van der Waals surface area contributed by atoms with Crippen LogP contribution in [-0.2, 0) is 0 Å². The predicted molar refractivity (Wildman–Crippen MR) is 98.3 cm³/mol. The average molecular weight is 354 g/mol. The van der Waals surface area contributed by atoms with Gasteiger partial charge in [-0.3, -0.25) is 0 Å². The summed E-state index contributed by atoms with van der Waals surface area (Å²) in [7, 11) is 0. The third kappa shape index (κ3) is 2.29. The molecule has 4 heteroatoms. The lowest BCUT2D eigenvalue weighted by Gasteiger charge is -2.43. The summed E-state index contributed by atoms with van der Waals surface area (Å²) in [6, 6.07) is 14.0.